The summed E-state index contributed by atoms with van der Waals surface area (Å²) in [4.78, 5) is 30.4. The molecule has 2 aliphatic rings. The van der Waals surface area contributed by atoms with Gasteiger partial charge in [0.05, 0.1) is 10.6 Å². The molecule has 5 rings (SSSR count). The van der Waals surface area contributed by atoms with Crippen LogP contribution in [0, 0.1) is 21.7 Å². The molecule has 1 saturated heterocycles. The minimum Gasteiger partial charge on any atom is -0.369 e. The van der Waals surface area contributed by atoms with Crippen LogP contribution in [0.5, 0.6) is 0 Å². The van der Waals surface area contributed by atoms with E-state index < -0.39 is 16.6 Å². The molecule has 1 fully saturated rings. The molecule has 9 nitrogen and oxygen atoms in total. The molecule has 0 atom stereocenters. The highest BCUT2D eigenvalue weighted by atomic mass is 19.2. The zero-order chi connectivity index (χ0) is 26.8. The second-order valence-corrected chi connectivity index (χ2v) is 9.77. The van der Waals surface area contributed by atoms with Gasteiger partial charge in [0.2, 0.25) is 0 Å². The largest absolute Gasteiger partial charge is 0.369 e. The number of hydrogen-bond acceptors (Lipinski definition) is 6. The molecule has 2 heterocycles. The maximum absolute atomic E-state index is 13.8. The van der Waals surface area contributed by atoms with E-state index >= 15 is 0 Å². The molecule has 1 aliphatic carbocycles. The number of piperazine rings is 1. The van der Waals surface area contributed by atoms with E-state index in [9.17, 15) is 23.7 Å². The number of halogens is 2. The Bertz CT molecular complexity index is 1340. The third-order valence-corrected chi connectivity index (χ3v) is 7.39. The minimum atomic E-state index is -0.859. The quantitative estimate of drug-likeness (QED) is 0.344. The number of aromatic nitrogens is 2. The van der Waals surface area contributed by atoms with Crippen LogP contribution in [0.4, 0.5) is 26.0 Å². The Balaban J connectivity index is 1.33. The van der Waals surface area contributed by atoms with Gasteiger partial charge in [-0.15, -0.1) is 0 Å². The number of nitrogens with zero attached hydrogens (tertiary/aromatic N) is 6. The van der Waals surface area contributed by atoms with Crippen molar-refractivity contribution in [2.45, 2.75) is 25.7 Å². The Hall–Kier alpha value is -3.86. The molecule has 0 radical (unpaired) electrons. The Morgan fingerprint density at radius 1 is 1.03 bits per heavy atom. The van der Waals surface area contributed by atoms with Gasteiger partial charge in [-0.05, 0) is 49.9 Å². The SMILES string of the molecule is Cn1nc2c(c1N(CCN1CCN(c3ccc(F)c(F)c3)CC1)C(=O)c1ccc([N+](=O)[O-])cc1)CCCC2. The number of aryl methyl sites for hydroxylation is 2. The van der Waals surface area contributed by atoms with Gasteiger partial charge in [-0.2, -0.15) is 5.10 Å². The summed E-state index contributed by atoms with van der Waals surface area (Å²) in [6, 6.07) is 9.65. The van der Waals surface area contributed by atoms with Crippen molar-refractivity contribution in [3.05, 3.63) is 81.0 Å². The van der Waals surface area contributed by atoms with Crippen LogP contribution in [0.3, 0.4) is 0 Å². The highest BCUT2D eigenvalue weighted by Gasteiger charge is 2.29. The number of rotatable bonds is 7. The fraction of sp³-hybridized carbons (Fsp3) is 0.407. The van der Waals surface area contributed by atoms with Crippen LogP contribution in [0.25, 0.3) is 0 Å². The Morgan fingerprint density at radius 2 is 1.74 bits per heavy atom. The first-order valence-electron chi connectivity index (χ1n) is 12.8. The second-order valence-electron chi connectivity index (χ2n) is 9.77. The van der Waals surface area contributed by atoms with E-state index in [0.29, 0.717) is 50.5 Å². The number of carbonyl (C=O) groups is 1. The van der Waals surface area contributed by atoms with Crippen LogP contribution in [0.1, 0.15) is 34.5 Å². The van der Waals surface area contributed by atoms with Crippen molar-refractivity contribution in [3.63, 3.8) is 0 Å². The summed E-state index contributed by atoms with van der Waals surface area (Å²) in [5.74, 6) is -1.16. The van der Waals surface area contributed by atoms with Crippen molar-refractivity contribution in [2.75, 3.05) is 49.1 Å². The maximum Gasteiger partial charge on any atom is 0.269 e. The molecule has 2 aromatic carbocycles. The van der Waals surface area contributed by atoms with Crippen LogP contribution in [-0.2, 0) is 19.9 Å². The number of hydrogen-bond donors (Lipinski definition) is 0. The van der Waals surface area contributed by atoms with Crippen molar-refractivity contribution < 1.29 is 18.5 Å². The lowest BCUT2D eigenvalue weighted by Gasteiger charge is -2.37. The van der Waals surface area contributed by atoms with E-state index in [1.165, 1.54) is 30.3 Å². The first kappa shape index (κ1) is 25.8. The summed E-state index contributed by atoms with van der Waals surface area (Å²) in [6.45, 7) is 3.77. The number of non-ortho nitro benzene ring substituents is 1. The molecule has 38 heavy (non-hydrogen) atoms. The molecule has 0 bridgehead atoms. The van der Waals surface area contributed by atoms with Crippen molar-refractivity contribution in [2.24, 2.45) is 7.05 Å². The van der Waals surface area contributed by atoms with Crippen molar-refractivity contribution >= 4 is 23.1 Å². The Morgan fingerprint density at radius 3 is 2.42 bits per heavy atom. The van der Waals surface area contributed by atoms with Gasteiger partial charge in [0.1, 0.15) is 5.82 Å². The minimum absolute atomic E-state index is 0.0649. The Labute approximate surface area is 219 Å². The van der Waals surface area contributed by atoms with Crippen LogP contribution in [-0.4, -0.2) is 64.8 Å². The normalized spacial score (nSPS) is 15.8. The third kappa shape index (κ3) is 5.24. The fourth-order valence-electron chi connectivity index (χ4n) is 5.34. The van der Waals surface area contributed by atoms with Crippen LogP contribution >= 0.6 is 0 Å². The fourth-order valence-corrected chi connectivity index (χ4v) is 5.34. The van der Waals surface area contributed by atoms with Gasteiger partial charge in [0.25, 0.3) is 11.6 Å². The number of fused-ring (bicyclic) bond motifs is 1. The predicted octanol–water partition coefficient (Wildman–Crippen LogP) is 3.95. The van der Waals surface area contributed by atoms with E-state index in [-0.39, 0.29) is 11.6 Å². The molecule has 3 aromatic rings. The Kier molecular flexibility index (Phi) is 7.37. The highest BCUT2D eigenvalue weighted by Crippen LogP contribution is 2.31. The lowest BCUT2D eigenvalue weighted by molar-refractivity contribution is -0.384. The number of carbonyl (C=O) groups excluding carboxylic acids is 1. The summed E-state index contributed by atoms with van der Waals surface area (Å²) >= 11 is 0. The molecular weight excluding hydrogens is 494 g/mol. The monoisotopic (exact) mass is 524 g/mol. The lowest BCUT2D eigenvalue weighted by atomic mass is 9.97. The molecule has 1 aliphatic heterocycles. The molecule has 1 aromatic heterocycles. The zero-order valence-electron chi connectivity index (χ0n) is 21.3. The van der Waals surface area contributed by atoms with Crippen LogP contribution in [0.15, 0.2) is 42.5 Å². The summed E-state index contributed by atoms with van der Waals surface area (Å²) in [5, 5.41) is 15.8. The van der Waals surface area contributed by atoms with Crippen LogP contribution < -0.4 is 9.80 Å². The molecule has 0 N–H and O–H groups in total. The first-order valence-corrected chi connectivity index (χ1v) is 12.8. The van der Waals surface area contributed by atoms with Crippen LogP contribution in [0.2, 0.25) is 0 Å². The van der Waals surface area contributed by atoms with Gasteiger partial charge in [0.15, 0.2) is 11.6 Å². The summed E-state index contributed by atoms with van der Waals surface area (Å²) in [6.07, 6.45) is 3.85. The number of anilines is 2. The number of nitro groups is 1. The van der Waals surface area contributed by atoms with Crippen molar-refractivity contribution in [3.8, 4) is 0 Å². The average Bonchev–Trinajstić information content (AvgIpc) is 3.26. The van der Waals surface area contributed by atoms with E-state index in [0.717, 1.165) is 48.8 Å². The van der Waals surface area contributed by atoms with Gasteiger partial charge < -0.3 is 4.90 Å². The molecule has 0 saturated carbocycles. The smallest absolute Gasteiger partial charge is 0.269 e. The number of benzene rings is 2. The van der Waals surface area contributed by atoms with Gasteiger partial charge in [0, 0.05) is 81.3 Å². The zero-order valence-corrected chi connectivity index (χ0v) is 21.3. The second kappa shape index (κ2) is 10.9. The predicted molar refractivity (Wildman–Crippen MR) is 140 cm³/mol. The van der Waals surface area contributed by atoms with Crippen molar-refractivity contribution in [1.82, 2.24) is 14.7 Å². The molecular formula is C27H30F2N6O3. The maximum atomic E-state index is 13.8. The van der Waals surface area contributed by atoms with Gasteiger partial charge in [-0.3, -0.25) is 29.4 Å². The number of amides is 1. The number of nitro benzene ring substituents is 1. The van der Waals surface area contributed by atoms with Gasteiger partial charge >= 0.3 is 0 Å². The van der Waals surface area contributed by atoms with Gasteiger partial charge in [-0.25, -0.2) is 8.78 Å². The summed E-state index contributed by atoms with van der Waals surface area (Å²) in [5.41, 5.74) is 3.09. The van der Waals surface area contributed by atoms with E-state index in [1.807, 2.05) is 11.9 Å². The summed E-state index contributed by atoms with van der Waals surface area (Å²) < 4.78 is 28.8. The molecule has 0 unspecified atom stereocenters. The highest BCUT2D eigenvalue weighted by molar-refractivity contribution is 6.06. The van der Waals surface area contributed by atoms with E-state index in [1.54, 1.807) is 15.6 Å². The topological polar surface area (TPSA) is 87.8 Å². The molecule has 0 spiro atoms. The first-order chi connectivity index (χ1) is 18.3. The third-order valence-electron chi connectivity index (χ3n) is 7.39. The molecule has 200 valence electrons. The molecule has 1 amide bonds. The van der Waals surface area contributed by atoms with Crippen molar-refractivity contribution in [1.29, 1.82) is 0 Å². The lowest BCUT2D eigenvalue weighted by Crippen LogP contribution is -2.49. The summed E-state index contributed by atoms with van der Waals surface area (Å²) in [7, 11) is 1.85. The van der Waals surface area contributed by atoms with E-state index in [4.69, 9.17) is 5.10 Å². The molecule has 11 heteroatoms. The van der Waals surface area contributed by atoms with Gasteiger partial charge in [-0.1, -0.05) is 0 Å². The van der Waals surface area contributed by atoms with E-state index in [2.05, 4.69) is 4.90 Å². The standard InChI is InChI=1S/C27H30F2N6O3/c1-31-26(22-4-2-3-5-25(22)30-31)34(27(36)19-6-8-20(9-7-19)35(37)38)17-14-32-12-15-33(16-13-32)21-10-11-23(28)24(29)18-21/h6-11,18H,2-5,12-17H2,1H3. The average molecular weight is 525 g/mol.